The lowest BCUT2D eigenvalue weighted by molar-refractivity contribution is 0.581. The number of hydrogen-bond donors (Lipinski definition) is 0. The molecule has 138 heavy (non-hydrogen) atoms. The maximum absolute atomic E-state index is 5.15. The van der Waals surface area contributed by atoms with E-state index in [9.17, 15) is 0 Å². The molecule has 16 aromatic carbocycles. The van der Waals surface area contributed by atoms with Crippen molar-refractivity contribution in [3.05, 3.63) is 491 Å². The first-order chi connectivity index (χ1) is 65.8. The number of pyridine rings is 2. The van der Waals surface area contributed by atoms with Crippen molar-refractivity contribution < 1.29 is 0 Å². The summed E-state index contributed by atoms with van der Waals surface area (Å²) in [6.45, 7) is 54.1. The van der Waals surface area contributed by atoms with E-state index in [2.05, 4.69) is 591 Å². The van der Waals surface area contributed by atoms with E-state index in [1.807, 2.05) is 0 Å². The summed E-state index contributed by atoms with van der Waals surface area (Å²) in [5.41, 5.74) is 45.5. The lowest BCUT2D eigenvalue weighted by Gasteiger charge is -2.28. The van der Waals surface area contributed by atoms with Crippen molar-refractivity contribution >= 4 is 0 Å². The first-order valence-corrected chi connectivity index (χ1v) is 49.1. The van der Waals surface area contributed by atoms with E-state index >= 15 is 0 Å². The highest BCUT2D eigenvalue weighted by atomic mass is 14.7. The first kappa shape index (κ1) is 101. The van der Waals surface area contributed by atoms with E-state index in [4.69, 9.17) is 9.97 Å². The average molecular weight is 1800 g/mol. The lowest BCUT2D eigenvalue weighted by atomic mass is 9.76. The number of aryl methyl sites for hydroxylation is 6. The van der Waals surface area contributed by atoms with Crippen molar-refractivity contribution in [3.63, 3.8) is 0 Å². The van der Waals surface area contributed by atoms with Crippen LogP contribution in [0.3, 0.4) is 0 Å². The molecular formula is C136H142N2. The van der Waals surface area contributed by atoms with Crippen LogP contribution in [-0.4, -0.2) is 9.97 Å². The zero-order valence-electron chi connectivity index (χ0n) is 86.3. The van der Waals surface area contributed by atoms with Crippen LogP contribution in [0.15, 0.2) is 425 Å². The maximum atomic E-state index is 5.15. The molecule has 2 heteroatoms. The van der Waals surface area contributed by atoms with Crippen LogP contribution in [0.25, 0.3) is 134 Å². The van der Waals surface area contributed by atoms with Crippen molar-refractivity contribution in [3.8, 4) is 134 Å². The molecule has 0 N–H and O–H groups in total. The predicted molar refractivity (Wildman–Crippen MR) is 600 cm³/mol. The topological polar surface area (TPSA) is 25.8 Å². The van der Waals surface area contributed by atoms with Crippen LogP contribution in [0.4, 0.5) is 0 Å². The highest BCUT2D eigenvalue weighted by Crippen LogP contribution is 2.48. The fourth-order valence-corrected chi connectivity index (χ4v) is 19.7. The van der Waals surface area contributed by atoms with Crippen molar-refractivity contribution in [2.24, 2.45) is 0 Å². The van der Waals surface area contributed by atoms with Crippen LogP contribution in [0.1, 0.15) is 191 Å². The third-order valence-electron chi connectivity index (χ3n) is 25.5. The highest BCUT2D eigenvalue weighted by molar-refractivity contribution is 5.91. The van der Waals surface area contributed by atoms with Gasteiger partial charge in [-0.2, -0.15) is 0 Å². The Labute approximate surface area is 828 Å². The second-order valence-electron chi connectivity index (χ2n) is 42.9. The van der Waals surface area contributed by atoms with Crippen molar-refractivity contribution in [2.75, 3.05) is 0 Å². The second-order valence-corrected chi connectivity index (χ2v) is 42.9. The highest BCUT2D eigenvalue weighted by Gasteiger charge is 2.29. The van der Waals surface area contributed by atoms with E-state index in [1.165, 1.54) is 145 Å². The van der Waals surface area contributed by atoms with E-state index < -0.39 is 0 Å². The van der Waals surface area contributed by atoms with Crippen LogP contribution in [0.2, 0.25) is 0 Å². The standard InChI is InChI=1S/C46H38.C44H36N2.2C12H18.2C11H16/c1-46(2,3)45-43(41-29-37(33-17-8-4-9-18-33)27-38(30-41)34-19-10-5-11-20-34)25-16-26-44(45)42-31-39(35-21-12-6-13-22-35)28-40(32-42)36-23-14-7-15-24-36;1-44(2,3)43-37(35-27-39(31-17-8-4-9-18-31)45-40(28-35)32-19-10-5-11-20-32)25-16-26-38(43)36-29-41(33-21-12-6-13-22-33)46-42(30-36)34-23-14-7-15-24-34;2*1-9-7-6-8-10(2)11(9)12(3,4)5;2*1-9-7-5-6-8-10(9)11(2,3)4/h4-32H,1-3H3;4-30H,1-3H3;2*6-8H,1-5H3;2*5-8H,1-4H3. The number of benzene rings is 16. The largest absolute Gasteiger partial charge is 0.248 e. The molecule has 18 rings (SSSR count). The summed E-state index contributed by atoms with van der Waals surface area (Å²) in [6.07, 6.45) is 0. The Morgan fingerprint density at radius 1 is 0.130 bits per heavy atom. The zero-order chi connectivity index (χ0) is 98.7. The Balaban J connectivity index is 0.000000160. The van der Waals surface area contributed by atoms with Gasteiger partial charge in [0.2, 0.25) is 0 Å². The molecule has 18 aromatic rings. The van der Waals surface area contributed by atoms with Crippen LogP contribution >= 0.6 is 0 Å². The van der Waals surface area contributed by atoms with Crippen molar-refractivity contribution in [2.45, 2.75) is 199 Å². The van der Waals surface area contributed by atoms with E-state index in [0.717, 1.165) is 56.2 Å². The van der Waals surface area contributed by atoms with Gasteiger partial charge in [-0.1, -0.05) is 489 Å². The molecule has 0 saturated carbocycles. The Bertz CT molecular complexity index is 6040. The van der Waals surface area contributed by atoms with E-state index in [0.29, 0.717) is 0 Å². The van der Waals surface area contributed by atoms with Gasteiger partial charge in [0.1, 0.15) is 0 Å². The fraction of sp³-hybridized carbons (Fsp3) is 0.221. The summed E-state index contributed by atoms with van der Waals surface area (Å²) in [7, 11) is 0. The number of nitrogens with zero attached hydrogens (tertiary/aromatic N) is 2. The molecule has 0 aliphatic carbocycles. The van der Waals surface area contributed by atoms with Gasteiger partial charge in [0.25, 0.3) is 0 Å². The quantitative estimate of drug-likeness (QED) is 0.122. The Hall–Kier alpha value is -14.2. The predicted octanol–water partition coefficient (Wildman–Crippen LogP) is 38.5. The molecule has 0 bridgehead atoms. The van der Waals surface area contributed by atoms with Gasteiger partial charge in [-0.3, -0.25) is 0 Å². The van der Waals surface area contributed by atoms with Gasteiger partial charge in [-0.15, -0.1) is 0 Å². The molecule has 0 spiro atoms. The van der Waals surface area contributed by atoms with Gasteiger partial charge in [-0.05, 0) is 290 Å². The number of hydrogen-bond acceptors (Lipinski definition) is 2. The van der Waals surface area contributed by atoms with Crippen molar-refractivity contribution in [1.29, 1.82) is 0 Å². The molecule has 0 radical (unpaired) electrons. The molecule has 2 heterocycles. The average Bonchev–Trinajstić information content (AvgIpc) is 0.756. The second kappa shape index (κ2) is 44.7. The number of rotatable bonds is 12. The van der Waals surface area contributed by atoms with Crippen LogP contribution in [0, 0.1) is 41.5 Å². The Morgan fingerprint density at radius 3 is 0.478 bits per heavy atom. The summed E-state index contributed by atoms with van der Waals surface area (Å²) in [5.74, 6) is 0. The molecule has 0 fully saturated rings. The third kappa shape index (κ3) is 26.3. The lowest BCUT2D eigenvalue weighted by Crippen LogP contribution is -2.15. The minimum absolute atomic E-state index is 0.114. The smallest absolute Gasteiger partial charge is 0.0715 e. The molecule has 0 atom stereocenters. The fourth-order valence-electron chi connectivity index (χ4n) is 19.7. The Morgan fingerprint density at radius 2 is 0.297 bits per heavy atom. The maximum Gasteiger partial charge on any atom is 0.0715 e. The zero-order valence-corrected chi connectivity index (χ0v) is 86.3. The normalized spacial score (nSPS) is 11.5. The summed E-state index contributed by atoms with van der Waals surface area (Å²) in [5, 5.41) is 0. The third-order valence-corrected chi connectivity index (χ3v) is 25.5. The molecular weight excluding hydrogens is 1660 g/mol. The molecule has 0 saturated heterocycles. The monoisotopic (exact) mass is 1800 g/mol. The number of aromatic nitrogens is 2. The minimum atomic E-state index is -0.155. The Kier molecular flexibility index (Phi) is 32.8. The summed E-state index contributed by atoms with van der Waals surface area (Å²) in [4.78, 5) is 10.3. The van der Waals surface area contributed by atoms with Gasteiger partial charge in [0, 0.05) is 22.3 Å². The molecule has 0 amide bonds. The summed E-state index contributed by atoms with van der Waals surface area (Å²) >= 11 is 0. The molecule has 0 unspecified atom stereocenters. The summed E-state index contributed by atoms with van der Waals surface area (Å²) in [6, 6.07) is 152. The van der Waals surface area contributed by atoms with Gasteiger partial charge in [-0.25, -0.2) is 9.97 Å². The molecule has 2 nitrogen and oxygen atoms in total. The summed E-state index contributed by atoms with van der Waals surface area (Å²) < 4.78 is 0. The molecule has 2 aromatic heterocycles. The van der Waals surface area contributed by atoms with Gasteiger partial charge >= 0.3 is 0 Å². The van der Waals surface area contributed by atoms with Crippen LogP contribution < -0.4 is 0 Å². The van der Waals surface area contributed by atoms with E-state index in [1.54, 1.807) is 0 Å². The molecule has 696 valence electrons. The van der Waals surface area contributed by atoms with Gasteiger partial charge in [0.05, 0.1) is 22.8 Å². The van der Waals surface area contributed by atoms with Crippen LogP contribution in [0.5, 0.6) is 0 Å². The molecule has 0 aliphatic rings. The van der Waals surface area contributed by atoms with Gasteiger partial charge < -0.3 is 0 Å². The molecule has 0 aliphatic heterocycles. The SMILES string of the molecule is CC(C)(C)c1c(-c2cc(-c3ccccc3)cc(-c3ccccc3)c2)cccc1-c1cc(-c2ccccc2)cc(-c2ccccc2)c1.CC(C)(C)c1c(-c2cc(-c3ccccc3)nc(-c3ccccc3)c2)cccc1-c1cc(-c2ccccc2)nc(-c2ccccc2)c1.Cc1cccc(C)c1C(C)(C)C.Cc1cccc(C)c1C(C)(C)C.Cc1ccccc1C(C)(C)C.Cc1ccccc1C(C)(C)C. The minimum Gasteiger partial charge on any atom is -0.248 e. The van der Waals surface area contributed by atoms with E-state index in [-0.39, 0.29) is 32.5 Å². The van der Waals surface area contributed by atoms with Crippen LogP contribution in [-0.2, 0) is 32.5 Å². The van der Waals surface area contributed by atoms with Crippen molar-refractivity contribution in [1.82, 2.24) is 9.97 Å². The first-order valence-electron chi connectivity index (χ1n) is 49.1. The van der Waals surface area contributed by atoms with Gasteiger partial charge in [0.15, 0.2) is 0 Å².